The molecule has 11 heteroatoms. The molecule has 7 nitrogen and oxygen atoms in total. The van der Waals surface area contributed by atoms with Crippen molar-refractivity contribution in [2.45, 2.75) is 125 Å². The molecule has 0 saturated heterocycles. The van der Waals surface area contributed by atoms with Crippen molar-refractivity contribution in [3.63, 3.8) is 0 Å². The molecule has 1 aliphatic heterocycles. The van der Waals surface area contributed by atoms with Gasteiger partial charge in [-0.05, 0) is 52.5 Å². The van der Waals surface area contributed by atoms with Crippen LogP contribution in [-0.4, -0.2) is 110 Å². The third-order valence-corrected chi connectivity index (χ3v) is 12.8. The van der Waals surface area contributed by atoms with Gasteiger partial charge in [0.1, 0.15) is 12.1 Å². The van der Waals surface area contributed by atoms with E-state index in [4.69, 9.17) is 23.2 Å². The van der Waals surface area contributed by atoms with E-state index in [2.05, 4.69) is 34.3 Å². The van der Waals surface area contributed by atoms with E-state index in [0.29, 0.717) is 30.3 Å². The summed E-state index contributed by atoms with van der Waals surface area (Å²) < 4.78 is 34.5. The van der Waals surface area contributed by atoms with Crippen LogP contribution in [0.1, 0.15) is 85.0 Å². The monoisotopic (exact) mass is 638 g/mol. The molecule has 4 aliphatic rings. The number of nitrogens with zero attached hydrogens (tertiary/aromatic N) is 3. The number of halogens is 2. The van der Waals surface area contributed by atoms with Crippen LogP contribution in [0.2, 0.25) is 0 Å². The molecule has 3 aliphatic carbocycles. The van der Waals surface area contributed by atoms with Crippen LogP contribution in [0.15, 0.2) is 11.0 Å². The fraction of sp³-hybridized carbons (Fsp3) is 0.897. The molecular formula is C29H50Cl2N3O4S2+. The van der Waals surface area contributed by atoms with Gasteiger partial charge in [-0.3, -0.25) is 18.9 Å². The maximum Gasteiger partial charge on any atom is 0.286 e. The summed E-state index contributed by atoms with van der Waals surface area (Å²) in [6, 6.07) is 0.826. The number of alkyl halides is 2. The standard InChI is InChI=1S/C29H49Cl2N3O4S2/c1-4-32(14-15-40(36,37)38)21-13-12-20(27(35)17-21)16-28(39-22-10-8-7-9-11-22)29-33(5-2)25-18-23(30)24(31)19-26(25)34(29)6-3/h16,20-27,35H,4-15,17-19H2,1-3H3/p+1/b28-16-. The van der Waals surface area contributed by atoms with Crippen LogP contribution in [0.5, 0.6) is 0 Å². The lowest BCUT2D eigenvalue weighted by molar-refractivity contribution is -0.558. The SMILES string of the molecule is CCN(CCS(=O)(=O)O)C1CCC(/C=C(\SC2CCCCC2)C2=[N+](CC)C3CC(Cl)C(Cl)CC3N2CC)C(O)C1. The van der Waals surface area contributed by atoms with Crippen LogP contribution >= 0.6 is 35.0 Å². The summed E-state index contributed by atoms with van der Waals surface area (Å²) in [4.78, 5) is 5.97. The van der Waals surface area contributed by atoms with Crippen LogP contribution < -0.4 is 0 Å². The van der Waals surface area contributed by atoms with Gasteiger partial charge in [0.05, 0.1) is 40.6 Å². The highest BCUT2D eigenvalue weighted by Crippen LogP contribution is 2.42. The molecule has 1 heterocycles. The number of likely N-dealkylation sites (N-methyl/N-ethyl adjacent to an activating group) is 2. The Kier molecular flexibility index (Phi) is 12.0. The highest BCUT2D eigenvalue weighted by molar-refractivity contribution is 8.04. The molecule has 230 valence electrons. The summed E-state index contributed by atoms with van der Waals surface area (Å²) in [5, 5.41) is 12.0. The lowest BCUT2D eigenvalue weighted by Crippen LogP contribution is -2.48. The van der Waals surface area contributed by atoms with Gasteiger partial charge in [-0.15, -0.1) is 35.0 Å². The Morgan fingerprint density at radius 1 is 1.07 bits per heavy atom. The normalized spacial score (nSPS) is 34.5. The molecule has 3 fully saturated rings. The first-order valence-electron chi connectivity index (χ1n) is 15.5. The molecule has 3 saturated carbocycles. The smallest absolute Gasteiger partial charge is 0.286 e. The Bertz CT molecular complexity index is 1020. The first-order chi connectivity index (χ1) is 19.1. The Labute approximate surface area is 256 Å². The zero-order valence-corrected chi connectivity index (χ0v) is 27.6. The molecule has 0 aromatic heterocycles. The summed E-state index contributed by atoms with van der Waals surface area (Å²) in [6.07, 6.45) is 12.4. The van der Waals surface area contributed by atoms with Crippen molar-refractivity contribution in [3.05, 3.63) is 11.0 Å². The molecule has 2 N–H and O–H groups in total. The van der Waals surface area contributed by atoms with Gasteiger partial charge in [0.25, 0.3) is 16.0 Å². The third-order valence-electron chi connectivity index (χ3n) is 9.63. The van der Waals surface area contributed by atoms with Crippen molar-refractivity contribution < 1.29 is 22.7 Å². The molecule has 0 radical (unpaired) electrons. The van der Waals surface area contributed by atoms with E-state index in [1.54, 1.807) is 0 Å². The molecule has 0 amide bonds. The molecule has 0 bridgehead atoms. The Morgan fingerprint density at radius 2 is 1.77 bits per heavy atom. The van der Waals surface area contributed by atoms with Gasteiger partial charge in [0.15, 0.2) is 0 Å². The maximum atomic E-state index is 11.4. The first kappa shape index (κ1) is 32.9. The molecule has 40 heavy (non-hydrogen) atoms. The van der Waals surface area contributed by atoms with E-state index in [1.807, 2.05) is 18.7 Å². The van der Waals surface area contributed by atoms with E-state index in [1.165, 1.54) is 42.8 Å². The summed E-state index contributed by atoms with van der Waals surface area (Å²) in [6.45, 7) is 9.30. The van der Waals surface area contributed by atoms with Gasteiger partial charge in [-0.2, -0.15) is 8.42 Å². The predicted octanol–water partition coefficient (Wildman–Crippen LogP) is 5.19. The third kappa shape index (κ3) is 7.92. The number of thioether (sulfide) groups is 1. The van der Waals surface area contributed by atoms with Crippen LogP contribution in [0.25, 0.3) is 0 Å². The second-order valence-corrected chi connectivity index (χ2v) is 16.1. The Morgan fingerprint density at radius 3 is 2.38 bits per heavy atom. The highest BCUT2D eigenvalue weighted by atomic mass is 35.5. The van der Waals surface area contributed by atoms with Gasteiger partial charge < -0.3 is 5.11 Å². The minimum Gasteiger partial charge on any atom is -0.392 e. The molecule has 0 aromatic rings. The van der Waals surface area contributed by atoms with Crippen LogP contribution in [0.3, 0.4) is 0 Å². The topological polar surface area (TPSA) is 84.1 Å². The summed E-state index contributed by atoms with van der Waals surface area (Å²) in [5.74, 6) is 1.09. The van der Waals surface area contributed by atoms with E-state index in [0.717, 1.165) is 38.8 Å². The molecule has 0 aromatic carbocycles. The summed E-state index contributed by atoms with van der Waals surface area (Å²) in [7, 11) is -4.01. The number of amidine groups is 1. The lowest BCUT2D eigenvalue weighted by Gasteiger charge is -2.38. The summed E-state index contributed by atoms with van der Waals surface area (Å²) >= 11 is 15.5. The molecular weight excluding hydrogens is 589 g/mol. The van der Waals surface area contributed by atoms with Gasteiger partial charge >= 0.3 is 0 Å². The molecule has 0 spiro atoms. The Balaban J connectivity index is 1.60. The number of rotatable bonds is 11. The molecule has 7 atom stereocenters. The number of hydrogen-bond acceptors (Lipinski definition) is 6. The van der Waals surface area contributed by atoms with Gasteiger partial charge in [0, 0.05) is 36.6 Å². The maximum absolute atomic E-state index is 11.4. The van der Waals surface area contributed by atoms with Gasteiger partial charge in [0.2, 0.25) is 0 Å². The first-order valence-corrected chi connectivity index (χ1v) is 18.9. The average molecular weight is 640 g/mol. The molecule has 7 unspecified atom stereocenters. The van der Waals surface area contributed by atoms with Crippen molar-refractivity contribution in [2.24, 2.45) is 5.92 Å². The zero-order valence-electron chi connectivity index (χ0n) is 24.4. The van der Waals surface area contributed by atoms with Crippen LogP contribution in [0.4, 0.5) is 0 Å². The van der Waals surface area contributed by atoms with Gasteiger partial charge in [-0.25, -0.2) is 0 Å². The molecule has 4 rings (SSSR count). The minimum absolute atomic E-state index is 0.0205. The van der Waals surface area contributed by atoms with E-state index in [-0.39, 0.29) is 35.0 Å². The number of aliphatic hydroxyl groups excluding tert-OH is 1. The van der Waals surface area contributed by atoms with E-state index < -0.39 is 16.2 Å². The largest absolute Gasteiger partial charge is 0.392 e. The van der Waals surface area contributed by atoms with E-state index >= 15 is 0 Å². The van der Waals surface area contributed by atoms with Crippen molar-refractivity contribution in [1.82, 2.24) is 9.80 Å². The Hall–Kier alpha value is -0.0300. The lowest BCUT2D eigenvalue weighted by atomic mass is 9.82. The van der Waals surface area contributed by atoms with Gasteiger partial charge in [-0.1, -0.05) is 32.3 Å². The number of aliphatic hydroxyl groups is 1. The van der Waals surface area contributed by atoms with Crippen molar-refractivity contribution in [3.8, 4) is 0 Å². The van der Waals surface area contributed by atoms with E-state index in [9.17, 15) is 18.1 Å². The second kappa shape index (κ2) is 14.6. The average Bonchev–Trinajstić information content (AvgIpc) is 3.22. The van der Waals surface area contributed by atoms with Crippen molar-refractivity contribution in [2.75, 3.05) is 31.9 Å². The summed E-state index contributed by atoms with van der Waals surface area (Å²) in [5.41, 5.74) is 0. The van der Waals surface area contributed by atoms with Crippen LogP contribution in [0, 0.1) is 5.92 Å². The quantitative estimate of drug-likeness (QED) is 0.183. The highest BCUT2D eigenvalue weighted by Gasteiger charge is 2.53. The van der Waals surface area contributed by atoms with Crippen LogP contribution in [-0.2, 0) is 10.1 Å². The fourth-order valence-corrected chi connectivity index (χ4v) is 10.1. The minimum atomic E-state index is -4.01. The predicted molar refractivity (Wildman–Crippen MR) is 168 cm³/mol. The van der Waals surface area contributed by atoms with Crippen molar-refractivity contribution >= 4 is 50.9 Å². The number of hydrogen-bond donors (Lipinski definition) is 2. The fourth-order valence-electron chi connectivity index (χ4n) is 7.50. The zero-order chi connectivity index (χ0) is 29.0. The second-order valence-electron chi connectivity index (χ2n) is 12.1. The number of fused-ring (bicyclic) bond motifs is 1. The van der Waals surface area contributed by atoms with Crippen molar-refractivity contribution in [1.29, 1.82) is 0 Å².